The summed E-state index contributed by atoms with van der Waals surface area (Å²) >= 11 is 3.60. The average Bonchev–Trinajstić information content (AvgIpc) is 2.57. The van der Waals surface area contributed by atoms with Gasteiger partial charge in [0.2, 0.25) is 0 Å². The van der Waals surface area contributed by atoms with Crippen LogP contribution in [0.2, 0.25) is 0 Å². The van der Waals surface area contributed by atoms with Crippen LogP contribution in [0.5, 0.6) is 5.75 Å². The maximum atomic E-state index is 6.06. The monoisotopic (exact) mass is 352 g/mol. The molecule has 2 heteroatoms. The minimum atomic E-state index is 0.574. The molecule has 0 aliphatic carbocycles. The van der Waals surface area contributed by atoms with Gasteiger partial charge in [0.15, 0.2) is 0 Å². The van der Waals surface area contributed by atoms with Crippen molar-refractivity contribution < 1.29 is 4.74 Å². The van der Waals surface area contributed by atoms with Gasteiger partial charge in [0, 0.05) is 10.0 Å². The molecule has 0 radical (unpaired) electrons. The normalized spacial score (nSPS) is 10.5. The Morgan fingerprint density at radius 2 is 1.45 bits per heavy atom. The predicted octanol–water partition coefficient (Wildman–Crippen LogP) is 6.00. The van der Waals surface area contributed by atoms with E-state index in [9.17, 15) is 0 Å². The Hall–Kier alpha value is -2.06. The van der Waals surface area contributed by atoms with E-state index < -0.39 is 0 Å². The highest BCUT2D eigenvalue weighted by Crippen LogP contribution is 2.35. The molecule has 0 N–H and O–H groups in total. The number of hydrogen-bond donors (Lipinski definition) is 0. The fraction of sp³-hybridized carbons (Fsp3) is 0.100. The molecule has 0 saturated carbocycles. The molecule has 0 heterocycles. The first-order chi connectivity index (χ1) is 10.8. The lowest BCUT2D eigenvalue weighted by Gasteiger charge is -2.14. The Bertz CT molecular complexity index is 766. The van der Waals surface area contributed by atoms with Crippen molar-refractivity contribution in [1.29, 1.82) is 0 Å². The molecule has 0 aliphatic rings. The molecular weight excluding hydrogens is 336 g/mol. The van der Waals surface area contributed by atoms with Gasteiger partial charge in [-0.1, -0.05) is 76.6 Å². The van der Waals surface area contributed by atoms with Gasteiger partial charge in [0.05, 0.1) is 0 Å². The number of para-hydroxylation sites is 1. The number of ether oxygens (including phenoxy) is 1. The summed E-state index contributed by atoms with van der Waals surface area (Å²) < 4.78 is 7.17. The Labute approximate surface area is 139 Å². The molecule has 110 valence electrons. The largest absolute Gasteiger partial charge is 0.488 e. The third kappa shape index (κ3) is 3.23. The lowest BCUT2D eigenvalue weighted by atomic mass is 10.00. The van der Waals surface area contributed by atoms with Gasteiger partial charge < -0.3 is 4.74 Å². The quantitative estimate of drug-likeness (QED) is 0.559. The van der Waals surface area contributed by atoms with E-state index in [4.69, 9.17) is 4.74 Å². The van der Waals surface area contributed by atoms with Crippen LogP contribution in [0.1, 0.15) is 11.1 Å². The maximum absolute atomic E-state index is 6.06. The SMILES string of the molecule is Cc1c(Br)cccc1-c1ccccc1OCc1ccccc1. The summed E-state index contributed by atoms with van der Waals surface area (Å²) in [6.07, 6.45) is 0. The molecule has 22 heavy (non-hydrogen) atoms. The second-order valence-electron chi connectivity index (χ2n) is 5.18. The van der Waals surface area contributed by atoms with Gasteiger partial charge in [0.1, 0.15) is 12.4 Å². The zero-order chi connectivity index (χ0) is 15.4. The second-order valence-corrected chi connectivity index (χ2v) is 6.04. The van der Waals surface area contributed by atoms with Crippen molar-refractivity contribution in [3.05, 3.63) is 88.4 Å². The molecule has 0 aliphatic heterocycles. The summed E-state index contributed by atoms with van der Waals surface area (Å²) in [5.41, 5.74) is 4.71. The van der Waals surface area contributed by atoms with Crippen LogP contribution in [0.15, 0.2) is 77.3 Å². The van der Waals surface area contributed by atoms with Gasteiger partial charge >= 0.3 is 0 Å². The fourth-order valence-electron chi connectivity index (χ4n) is 2.45. The highest BCUT2D eigenvalue weighted by molar-refractivity contribution is 9.10. The molecule has 3 rings (SSSR count). The highest BCUT2D eigenvalue weighted by Gasteiger charge is 2.10. The number of hydrogen-bond acceptors (Lipinski definition) is 1. The van der Waals surface area contributed by atoms with Crippen molar-refractivity contribution >= 4 is 15.9 Å². The summed E-state index contributed by atoms with van der Waals surface area (Å²) in [6.45, 7) is 2.69. The van der Waals surface area contributed by atoms with Crippen LogP contribution >= 0.6 is 15.9 Å². The van der Waals surface area contributed by atoms with Gasteiger partial charge in [-0.2, -0.15) is 0 Å². The molecule has 3 aromatic carbocycles. The lowest BCUT2D eigenvalue weighted by molar-refractivity contribution is 0.307. The van der Waals surface area contributed by atoms with Gasteiger partial charge in [-0.05, 0) is 35.7 Å². The molecule has 1 nitrogen and oxygen atoms in total. The minimum absolute atomic E-state index is 0.574. The zero-order valence-electron chi connectivity index (χ0n) is 12.4. The summed E-state index contributed by atoms with van der Waals surface area (Å²) in [5.74, 6) is 0.910. The number of rotatable bonds is 4. The first kappa shape index (κ1) is 14.9. The second kappa shape index (κ2) is 6.80. The van der Waals surface area contributed by atoms with E-state index >= 15 is 0 Å². The van der Waals surface area contributed by atoms with Crippen LogP contribution in [-0.4, -0.2) is 0 Å². The molecular formula is C20H17BrO. The average molecular weight is 353 g/mol. The first-order valence-corrected chi connectivity index (χ1v) is 8.06. The Balaban J connectivity index is 1.92. The molecule has 0 atom stereocenters. The Kier molecular flexibility index (Phi) is 4.59. The molecule has 3 aromatic rings. The molecule has 0 bridgehead atoms. The van der Waals surface area contributed by atoms with Crippen LogP contribution in [0.4, 0.5) is 0 Å². The minimum Gasteiger partial charge on any atom is -0.488 e. The zero-order valence-corrected chi connectivity index (χ0v) is 14.0. The van der Waals surface area contributed by atoms with Crippen molar-refractivity contribution in [3.63, 3.8) is 0 Å². The standard InChI is InChI=1S/C20H17BrO/c1-15-17(11-7-12-19(15)21)18-10-5-6-13-20(18)22-14-16-8-3-2-4-9-16/h2-13H,14H2,1H3. The fourth-order valence-corrected chi connectivity index (χ4v) is 2.82. The highest BCUT2D eigenvalue weighted by atomic mass is 79.9. The van der Waals surface area contributed by atoms with Crippen molar-refractivity contribution in [1.82, 2.24) is 0 Å². The molecule has 0 saturated heterocycles. The van der Waals surface area contributed by atoms with E-state index in [1.165, 1.54) is 16.7 Å². The summed E-state index contributed by atoms with van der Waals surface area (Å²) in [7, 11) is 0. The molecule has 0 spiro atoms. The summed E-state index contributed by atoms with van der Waals surface area (Å²) in [4.78, 5) is 0. The van der Waals surface area contributed by atoms with Crippen molar-refractivity contribution in [2.24, 2.45) is 0 Å². The Morgan fingerprint density at radius 3 is 2.27 bits per heavy atom. The summed E-state index contributed by atoms with van der Waals surface area (Å²) in [6, 6.07) is 24.7. The molecule has 0 amide bonds. The Morgan fingerprint density at radius 1 is 0.773 bits per heavy atom. The lowest BCUT2D eigenvalue weighted by Crippen LogP contribution is -1.97. The van der Waals surface area contributed by atoms with E-state index in [2.05, 4.69) is 59.3 Å². The van der Waals surface area contributed by atoms with Gasteiger partial charge in [-0.15, -0.1) is 0 Å². The number of halogens is 1. The first-order valence-electron chi connectivity index (χ1n) is 7.27. The number of benzene rings is 3. The van der Waals surface area contributed by atoms with Crippen LogP contribution in [0, 0.1) is 6.92 Å². The van der Waals surface area contributed by atoms with Crippen molar-refractivity contribution in [2.45, 2.75) is 13.5 Å². The van der Waals surface area contributed by atoms with Gasteiger partial charge in [0.25, 0.3) is 0 Å². The smallest absolute Gasteiger partial charge is 0.127 e. The van der Waals surface area contributed by atoms with E-state index in [0.717, 1.165) is 15.8 Å². The predicted molar refractivity (Wildman–Crippen MR) is 95.1 cm³/mol. The van der Waals surface area contributed by atoms with E-state index in [-0.39, 0.29) is 0 Å². The molecule has 0 unspecified atom stereocenters. The van der Waals surface area contributed by atoms with E-state index in [1.807, 2.05) is 36.4 Å². The molecule has 0 fully saturated rings. The van der Waals surface area contributed by atoms with Gasteiger partial charge in [-0.3, -0.25) is 0 Å². The third-order valence-electron chi connectivity index (χ3n) is 3.68. The van der Waals surface area contributed by atoms with Crippen LogP contribution in [0.25, 0.3) is 11.1 Å². The maximum Gasteiger partial charge on any atom is 0.127 e. The third-order valence-corrected chi connectivity index (χ3v) is 4.54. The summed E-state index contributed by atoms with van der Waals surface area (Å²) in [5, 5.41) is 0. The van der Waals surface area contributed by atoms with Crippen molar-refractivity contribution in [2.75, 3.05) is 0 Å². The molecule has 0 aromatic heterocycles. The van der Waals surface area contributed by atoms with Crippen molar-refractivity contribution in [3.8, 4) is 16.9 Å². The van der Waals surface area contributed by atoms with Crippen LogP contribution in [0.3, 0.4) is 0 Å². The van der Waals surface area contributed by atoms with Crippen LogP contribution < -0.4 is 4.74 Å². The van der Waals surface area contributed by atoms with E-state index in [1.54, 1.807) is 0 Å². The topological polar surface area (TPSA) is 9.23 Å². The van der Waals surface area contributed by atoms with E-state index in [0.29, 0.717) is 6.61 Å². The van der Waals surface area contributed by atoms with Crippen LogP contribution in [-0.2, 0) is 6.61 Å². The van der Waals surface area contributed by atoms with Gasteiger partial charge in [-0.25, -0.2) is 0 Å².